The van der Waals surface area contributed by atoms with Crippen molar-refractivity contribution in [1.82, 2.24) is 10.2 Å². The van der Waals surface area contributed by atoms with Crippen molar-refractivity contribution < 1.29 is 5.11 Å². The van der Waals surface area contributed by atoms with Gasteiger partial charge in [-0.2, -0.15) is 0 Å². The van der Waals surface area contributed by atoms with Crippen molar-refractivity contribution in [2.75, 3.05) is 32.8 Å². The van der Waals surface area contributed by atoms with Gasteiger partial charge in [-0.3, -0.25) is 0 Å². The Balaban J connectivity index is 2.22. The molecule has 72 valence electrons. The van der Waals surface area contributed by atoms with Crippen molar-refractivity contribution in [2.24, 2.45) is 5.92 Å². The molecule has 0 spiro atoms. The fourth-order valence-corrected chi connectivity index (χ4v) is 1.68. The second-order valence-electron chi connectivity index (χ2n) is 3.90. The summed E-state index contributed by atoms with van der Waals surface area (Å²) in [6.45, 7) is 8.95. The molecule has 2 N–H and O–H groups in total. The molecule has 0 aromatic carbocycles. The van der Waals surface area contributed by atoms with Gasteiger partial charge in [-0.15, -0.1) is 0 Å². The molecule has 0 amide bonds. The van der Waals surface area contributed by atoms with Crippen molar-refractivity contribution in [3.63, 3.8) is 0 Å². The smallest absolute Gasteiger partial charge is 0.0468 e. The molecule has 1 fully saturated rings. The summed E-state index contributed by atoms with van der Waals surface area (Å²) in [6.07, 6.45) is 0. The van der Waals surface area contributed by atoms with Crippen LogP contribution in [0.1, 0.15) is 13.8 Å². The van der Waals surface area contributed by atoms with E-state index in [0.29, 0.717) is 18.6 Å². The number of aliphatic hydroxyl groups is 1. The van der Waals surface area contributed by atoms with Crippen molar-refractivity contribution >= 4 is 0 Å². The number of rotatable bonds is 3. The molecule has 1 aliphatic heterocycles. The maximum atomic E-state index is 8.89. The van der Waals surface area contributed by atoms with Gasteiger partial charge in [0.2, 0.25) is 0 Å². The lowest BCUT2D eigenvalue weighted by atomic mass is 10.1. The first-order chi connectivity index (χ1) is 5.72. The molecule has 2 atom stereocenters. The Labute approximate surface area is 74.8 Å². The fourth-order valence-electron chi connectivity index (χ4n) is 1.68. The first kappa shape index (κ1) is 9.96. The van der Waals surface area contributed by atoms with Crippen LogP contribution in [0.25, 0.3) is 0 Å². The van der Waals surface area contributed by atoms with Gasteiger partial charge in [-0.1, -0.05) is 6.92 Å². The summed E-state index contributed by atoms with van der Waals surface area (Å²) in [5.41, 5.74) is 0. The number of aliphatic hydroxyl groups excluding tert-OH is 1. The molecule has 0 saturated carbocycles. The van der Waals surface area contributed by atoms with E-state index in [1.54, 1.807) is 0 Å². The van der Waals surface area contributed by atoms with Crippen LogP contribution in [0, 0.1) is 5.92 Å². The molecule has 0 aromatic heterocycles. The van der Waals surface area contributed by atoms with E-state index in [4.69, 9.17) is 5.11 Å². The molecule has 0 bridgehead atoms. The average Bonchev–Trinajstić information content (AvgIpc) is 2.04. The summed E-state index contributed by atoms with van der Waals surface area (Å²) in [6, 6.07) is 0.602. The van der Waals surface area contributed by atoms with Gasteiger partial charge in [-0.05, 0) is 12.8 Å². The molecule has 0 radical (unpaired) electrons. The van der Waals surface area contributed by atoms with E-state index >= 15 is 0 Å². The summed E-state index contributed by atoms with van der Waals surface area (Å²) < 4.78 is 0. The van der Waals surface area contributed by atoms with Crippen LogP contribution >= 0.6 is 0 Å². The highest BCUT2D eigenvalue weighted by atomic mass is 16.3. The third-order valence-electron chi connectivity index (χ3n) is 2.33. The molecule has 1 saturated heterocycles. The second kappa shape index (κ2) is 4.80. The van der Waals surface area contributed by atoms with Crippen molar-refractivity contribution in [3.05, 3.63) is 0 Å². The molecular weight excluding hydrogens is 152 g/mol. The van der Waals surface area contributed by atoms with E-state index in [1.165, 1.54) is 0 Å². The minimum atomic E-state index is 0.304. The van der Waals surface area contributed by atoms with Crippen molar-refractivity contribution in [2.45, 2.75) is 19.9 Å². The van der Waals surface area contributed by atoms with Crippen LogP contribution < -0.4 is 5.32 Å². The topological polar surface area (TPSA) is 35.5 Å². The maximum absolute atomic E-state index is 8.89. The Kier molecular flexibility index (Phi) is 3.98. The molecular formula is C9H20N2O. The number of piperazine rings is 1. The summed E-state index contributed by atoms with van der Waals surface area (Å²) in [5.74, 6) is 0.412. The quantitative estimate of drug-likeness (QED) is 0.624. The molecule has 3 heteroatoms. The highest BCUT2D eigenvalue weighted by molar-refractivity contribution is 4.75. The van der Waals surface area contributed by atoms with Crippen LogP contribution in [0.5, 0.6) is 0 Å². The van der Waals surface area contributed by atoms with Crippen LogP contribution in [0.15, 0.2) is 0 Å². The van der Waals surface area contributed by atoms with Crippen LogP contribution in [0.2, 0.25) is 0 Å². The SMILES string of the molecule is CC(CO)CN1CCN[C@@H](C)C1. The van der Waals surface area contributed by atoms with Gasteiger partial charge in [0.1, 0.15) is 0 Å². The standard InChI is InChI=1S/C9H20N2O/c1-8(7-12)5-11-4-3-10-9(2)6-11/h8-10,12H,3-7H2,1-2H3/t8?,9-/m0/s1. The number of nitrogens with zero attached hydrogens (tertiary/aromatic N) is 1. The first-order valence-electron chi connectivity index (χ1n) is 4.79. The summed E-state index contributed by atoms with van der Waals surface area (Å²) >= 11 is 0. The fraction of sp³-hybridized carbons (Fsp3) is 1.00. The Bertz CT molecular complexity index is 130. The Hall–Kier alpha value is -0.120. The molecule has 0 aromatic rings. The van der Waals surface area contributed by atoms with Crippen LogP contribution in [0.4, 0.5) is 0 Å². The molecule has 12 heavy (non-hydrogen) atoms. The van der Waals surface area contributed by atoms with Crippen LogP contribution in [0.3, 0.4) is 0 Å². The lowest BCUT2D eigenvalue weighted by Crippen LogP contribution is -2.50. The number of hydrogen-bond acceptors (Lipinski definition) is 3. The van der Waals surface area contributed by atoms with Gasteiger partial charge in [0, 0.05) is 38.8 Å². The lowest BCUT2D eigenvalue weighted by molar-refractivity contribution is 0.146. The van der Waals surface area contributed by atoms with E-state index in [9.17, 15) is 0 Å². The zero-order valence-electron chi connectivity index (χ0n) is 8.08. The van der Waals surface area contributed by atoms with Crippen LogP contribution in [-0.4, -0.2) is 48.8 Å². The zero-order chi connectivity index (χ0) is 8.97. The van der Waals surface area contributed by atoms with E-state index in [2.05, 4.69) is 24.1 Å². The van der Waals surface area contributed by atoms with Crippen molar-refractivity contribution in [3.8, 4) is 0 Å². The Morgan fingerprint density at radius 1 is 1.67 bits per heavy atom. The highest BCUT2D eigenvalue weighted by Gasteiger charge is 2.16. The number of hydrogen-bond donors (Lipinski definition) is 2. The molecule has 1 rings (SSSR count). The third-order valence-corrected chi connectivity index (χ3v) is 2.33. The summed E-state index contributed by atoms with van der Waals surface area (Å²) in [4.78, 5) is 2.42. The second-order valence-corrected chi connectivity index (χ2v) is 3.90. The minimum absolute atomic E-state index is 0.304. The maximum Gasteiger partial charge on any atom is 0.0468 e. The van der Waals surface area contributed by atoms with E-state index in [-0.39, 0.29) is 0 Å². The van der Waals surface area contributed by atoms with Gasteiger partial charge in [0.15, 0.2) is 0 Å². The molecule has 3 nitrogen and oxygen atoms in total. The van der Waals surface area contributed by atoms with Gasteiger partial charge >= 0.3 is 0 Å². The van der Waals surface area contributed by atoms with Gasteiger partial charge < -0.3 is 15.3 Å². The first-order valence-corrected chi connectivity index (χ1v) is 4.79. The van der Waals surface area contributed by atoms with Crippen LogP contribution in [-0.2, 0) is 0 Å². The Morgan fingerprint density at radius 2 is 2.42 bits per heavy atom. The normalized spacial score (nSPS) is 28.8. The van der Waals surface area contributed by atoms with E-state index in [1.807, 2.05) is 0 Å². The molecule has 1 heterocycles. The summed E-state index contributed by atoms with van der Waals surface area (Å²) in [7, 11) is 0. The summed E-state index contributed by atoms with van der Waals surface area (Å²) in [5, 5.41) is 12.3. The lowest BCUT2D eigenvalue weighted by Gasteiger charge is -2.33. The molecule has 0 aliphatic carbocycles. The van der Waals surface area contributed by atoms with Gasteiger partial charge in [0.25, 0.3) is 0 Å². The minimum Gasteiger partial charge on any atom is -0.396 e. The van der Waals surface area contributed by atoms with E-state index < -0.39 is 0 Å². The molecule has 1 unspecified atom stereocenters. The van der Waals surface area contributed by atoms with Gasteiger partial charge in [0.05, 0.1) is 0 Å². The molecule has 1 aliphatic rings. The van der Waals surface area contributed by atoms with E-state index in [0.717, 1.165) is 26.2 Å². The number of nitrogens with one attached hydrogen (secondary N) is 1. The largest absolute Gasteiger partial charge is 0.396 e. The zero-order valence-corrected chi connectivity index (χ0v) is 8.08. The monoisotopic (exact) mass is 172 g/mol. The Morgan fingerprint density at radius 3 is 3.00 bits per heavy atom. The van der Waals surface area contributed by atoms with Crippen molar-refractivity contribution in [1.29, 1.82) is 0 Å². The predicted molar refractivity (Wildman–Crippen MR) is 50.2 cm³/mol. The average molecular weight is 172 g/mol. The third kappa shape index (κ3) is 3.09. The predicted octanol–water partition coefficient (Wildman–Crippen LogP) is -0.0915. The van der Waals surface area contributed by atoms with Gasteiger partial charge in [-0.25, -0.2) is 0 Å². The highest BCUT2D eigenvalue weighted by Crippen LogP contribution is 2.03.